The Kier molecular flexibility index (Phi) is 2.94. The minimum Gasteiger partial charge on any atom is -0.0693 e. The van der Waals surface area contributed by atoms with Crippen LogP contribution in [0.4, 0.5) is 0 Å². The van der Waals surface area contributed by atoms with Gasteiger partial charge in [0.25, 0.3) is 0 Å². The van der Waals surface area contributed by atoms with Gasteiger partial charge in [0.15, 0.2) is 0 Å². The molecule has 1 heteroatoms. The maximum atomic E-state index is 2.44. The first kappa shape index (κ1) is 12.4. The molecule has 0 aliphatic rings. The summed E-state index contributed by atoms with van der Waals surface area (Å²) in [5.74, 6) is 0. The largest absolute Gasteiger partial charge is 0.0693 e. The molecule has 0 fully saturated rings. The van der Waals surface area contributed by atoms with Crippen molar-refractivity contribution in [2.24, 2.45) is 0 Å². The smallest absolute Gasteiger partial charge is 0.0487 e. The number of benzene rings is 3. The van der Waals surface area contributed by atoms with E-state index >= 15 is 0 Å². The Hall–Kier alpha value is -1.60. The van der Waals surface area contributed by atoms with Crippen molar-refractivity contribution in [3.8, 4) is 0 Å². The van der Waals surface area contributed by atoms with Crippen LogP contribution >= 0.6 is 0 Å². The van der Waals surface area contributed by atoms with Gasteiger partial charge in [-0.1, -0.05) is 74.2 Å². The van der Waals surface area contributed by atoms with E-state index in [2.05, 4.69) is 74.2 Å². The lowest BCUT2D eigenvalue weighted by Gasteiger charge is -2.18. The van der Waals surface area contributed by atoms with Gasteiger partial charge >= 0.3 is 0 Å². The highest BCUT2D eigenvalue weighted by Crippen LogP contribution is 2.29. The second kappa shape index (κ2) is 4.50. The molecular formula is C18H20Si. The van der Waals surface area contributed by atoms with E-state index in [1.54, 1.807) is 0 Å². The van der Waals surface area contributed by atoms with Crippen molar-refractivity contribution in [1.82, 2.24) is 0 Å². The molecule has 0 amide bonds. The monoisotopic (exact) mass is 264 g/mol. The molecule has 0 aliphatic carbocycles. The van der Waals surface area contributed by atoms with Crippen molar-refractivity contribution < 1.29 is 0 Å². The van der Waals surface area contributed by atoms with Gasteiger partial charge in [-0.2, -0.15) is 0 Å². The van der Waals surface area contributed by atoms with Gasteiger partial charge in [0.1, 0.15) is 0 Å². The first-order valence-corrected chi connectivity index (χ1v) is 10.6. The quantitative estimate of drug-likeness (QED) is 0.428. The molecule has 0 unspecified atom stereocenters. The Morgan fingerprint density at radius 3 is 2.21 bits per heavy atom. The van der Waals surface area contributed by atoms with Crippen LogP contribution in [-0.2, 0) is 6.04 Å². The number of fused-ring (bicyclic) bond motifs is 3. The Morgan fingerprint density at radius 2 is 1.42 bits per heavy atom. The Morgan fingerprint density at radius 1 is 0.684 bits per heavy atom. The molecule has 0 radical (unpaired) electrons. The summed E-state index contributed by atoms with van der Waals surface area (Å²) in [5, 5.41) is 5.54. The maximum Gasteiger partial charge on any atom is 0.0487 e. The average Bonchev–Trinajstić information content (AvgIpc) is 2.37. The van der Waals surface area contributed by atoms with Gasteiger partial charge in [0.2, 0.25) is 0 Å². The fourth-order valence-corrected chi connectivity index (χ4v) is 4.28. The van der Waals surface area contributed by atoms with Crippen molar-refractivity contribution in [3.63, 3.8) is 0 Å². The standard InChI is InChI=1S/C18H20Si/c1-19(2,3)13-15-8-6-10-18-16-9-5-4-7-14(16)11-12-17(15)18/h4-12H,13H2,1-3H3. The second-order valence-corrected chi connectivity index (χ2v) is 12.0. The second-order valence-electron chi connectivity index (χ2n) is 6.54. The van der Waals surface area contributed by atoms with Crippen molar-refractivity contribution >= 4 is 29.6 Å². The summed E-state index contributed by atoms with van der Waals surface area (Å²) in [5.41, 5.74) is 1.52. The third kappa shape index (κ3) is 2.43. The van der Waals surface area contributed by atoms with E-state index < -0.39 is 8.07 Å². The molecule has 0 spiro atoms. The molecule has 0 saturated carbocycles. The van der Waals surface area contributed by atoms with Crippen molar-refractivity contribution in [2.45, 2.75) is 25.7 Å². The summed E-state index contributed by atoms with van der Waals surface area (Å²) >= 11 is 0. The molecule has 3 rings (SSSR count). The summed E-state index contributed by atoms with van der Waals surface area (Å²) in [6.07, 6.45) is 0. The molecule has 19 heavy (non-hydrogen) atoms. The van der Waals surface area contributed by atoms with E-state index in [4.69, 9.17) is 0 Å². The summed E-state index contributed by atoms with van der Waals surface area (Å²) in [6.45, 7) is 7.31. The fourth-order valence-electron chi connectivity index (χ4n) is 2.83. The van der Waals surface area contributed by atoms with Gasteiger partial charge in [-0.25, -0.2) is 0 Å². The Bertz CT molecular complexity index is 735. The first-order valence-electron chi connectivity index (χ1n) is 6.94. The third-order valence-corrected chi connectivity index (χ3v) is 5.04. The average molecular weight is 264 g/mol. The summed E-state index contributed by atoms with van der Waals surface area (Å²) in [7, 11) is -1.08. The predicted molar refractivity (Wildman–Crippen MR) is 88.5 cm³/mol. The molecule has 0 aliphatic heterocycles. The zero-order valence-electron chi connectivity index (χ0n) is 11.9. The van der Waals surface area contributed by atoms with Crippen molar-refractivity contribution in [2.75, 3.05) is 0 Å². The molecule has 0 bridgehead atoms. The maximum absolute atomic E-state index is 2.44. The lowest BCUT2D eigenvalue weighted by molar-refractivity contribution is 1.34. The van der Waals surface area contributed by atoms with Gasteiger partial charge in [0, 0.05) is 8.07 Å². The summed E-state index contributed by atoms with van der Waals surface area (Å²) in [6, 6.07) is 21.2. The minimum atomic E-state index is -1.08. The normalized spacial score (nSPS) is 12.2. The zero-order chi connectivity index (χ0) is 13.5. The highest BCUT2D eigenvalue weighted by Gasteiger charge is 2.15. The van der Waals surface area contributed by atoms with E-state index in [1.165, 1.54) is 33.2 Å². The highest BCUT2D eigenvalue weighted by molar-refractivity contribution is 6.75. The van der Waals surface area contributed by atoms with Crippen molar-refractivity contribution in [3.05, 3.63) is 60.2 Å². The Labute approximate surface area is 116 Å². The van der Waals surface area contributed by atoms with Crippen LogP contribution < -0.4 is 0 Å². The van der Waals surface area contributed by atoms with Crippen LogP contribution in [0.25, 0.3) is 21.5 Å². The summed E-state index contributed by atoms with van der Waals surface area (Å²) in [4.78, 5) is 0. The van der Waals surface area contributed by atoms with Crippen LogP contribution in [0.5, 0.6) is 0 Å². The molecule has 0 heterocycles. The van der Waals surface area contributed by atoms with Crippen LogP contribution in [0.15, 0.2) is 54.6 Å². The van der Waals surface area contributed by atoms with E-state index in [9.17, 15) is 0 Å². The van der Waals surface area contributed by atoms with Crippen LogP contribution in [-0.4, -0.2) is 8.07 Å². The number of hydrogen-bond acceptors (Lipinski definition) is 0. The van der Waals surface area contributed by atoms with Gasteiger partial charge in [-0.15, -0.1) is 0 Å². The van der Waals surface area contributed by atoms with E-state index in [0.29, 0.717) is 0 Å². The van der Waals surface area contributed by atoms with Crippen LogP contribution in [0.2, 0.25) is 19.6 Å². The van der Waals surface area contributed by atoms with Gasteiger partial charge in [0.05, 0.1) is 0 Å². The molecule has 3 aromatic carbocycles. The topological polar surface area (TPSA) is 0 Å². The van der Waals surface area contributed by atoms with E-state index in [1.807, 2.05) is 0 Å². The fraction of sp³-hybridized carbons (Fsp3) is 0.222. The minimum absolute atomic E-state index is 1.08. The predicted octanol–water partition coefficient (Wildman–Crippen LogP) is 5.41. The first-order chi connectivity index (χ1) is 9.04. The van der Waals surface area contributed by atoms with E-state index in [-0.39, 0.29) is 0 Å². The molecule has 0 atom stereocenters. The van der Waals surface area contributed by atoms with Crippen LogP contribution in [0, 0.1) is 0 Å². The molecule has 96 valence electrons. The number of rotatable bonds is 2. The van der Waals surface area contributed by atoms with Gasteiger partial charge in [-0.3, -0.25) is 0 Å². The van der Waals surface area contributed by atoms with Crippen LogP contribution in [0.3, 0.4) is 0 Å². The van der Waals surface area contributed by atoms with E-state index in [0.717, 1.165) is 0 Å². The SMILES string of the molecule is C[Si](C)(C)Cc1cccc2c1ccc1ccccc12. The third-order valence-electron chi connectivity index (χ3n) is 3.60. The molecule has 0 aromatic heterocycles. The molecule has 0 N–H and O–H groups in total. The lowest BCUT2D eigenvalue weighted by atomic mass is 9.99. The van der Waals surface area contributed by atoms with Gasteiger partial charge in [-0.05, 0) is 33.2 Å². The van der Waals surface area contributed by atoms with Crippen molar-refractivity contribution in [1.29, 1.82) is 0 Å². The molecule has 0 nitrogen and oxygen atoms in total. The zero-order valence-corrected chi connectivity index (χ0v) is 12.9. The van der Waals surface area contributed by atoms with Crippen LogP contribution in [0.1, 0.15) is 5.56 Å². The Balaban J connectivity index is 2.29. The molecule has 3 aromatic rings. The number of hydrogen-bond donors (Lipinski definition) is 0. The lowest BCUT2D eigenvalue weighted by Crippen LogP contribution is -2.23. The molecule has 0 saturated heterocycles. The highest BCUT2D eigenvalue weighted by atomic mass is 28.3. The summed E-state index contributed by atoms with van der Waals surface area (Å²) < 4.78 is 0. The van der Waals surface area contributed by atoms with Gasteiger partial charge < -0.3 is 0 Å². The molecular weight excluding hydrogens is 244 g/mol.